The minimum Gasteiger partial charge on any atom is -0.493 e. The highest BCUT2D eigenvalue weighted by atomic mass is 16.6. The summed E-state index contributed by atoms with van der Waals surface area (Å²) >= 11 is 0. The molecule has 0 unspecified atom stereocenters. The summed E-state index contributed by atoms with van der Waals surface area (Å²) in [4.78, 5) is 25.5. The monoisotopic (exact) mass is 314 g/mol. The van der Waals surface area contributed by atoms with Crippen molar-refractivity contribution in [1.82, 2.24) is 0 Å². The van der Waals surface area contributed by atoms with Gasteiger partial charge in [-0.25, -0.2) is 4.79 Å². The fraction of sp³-hybridized carbons (Fsp3) is 0.125. The number of nitro groups is 1. The number of benzene rings is 2. The molecule has 0 aliphatic rings. The standard InChI is InChI=1S/C16H14N2O5/c1-2-23-15-8-3-11(9-14(15)16(19)20)10-17-12-4-6-13(7-5-12)18(21)22/h3-10H,2H2,1H3,(H,19,20). The molecule has 0 saturated carbocycles. The molecule has 2 rings (SSSR count). The van der Waals surface area contributed by atoms with E-state index in [4.69, 9.17) is 4.74 Å². The van der Waals surface area contributed by atoms with Crippen LogP contribution in [0.2, 0.25) is 0 Å². The fourth-order valence-corrected chi connectivity index (χ4v) is 1.89. The van der Waals surface area contributed by atoms with E-state index in [2.05, 4.69) is 4.99 Å². The number of aromatic carboxylic acids is 1. The van der Waals surface area contributed by atoms with Crippen LogP contribution in [0.15, 0.2) is 47.5 Å². The average Bonchev–Trinajstić information content (AvgIpc) is 2.54. The van der Waals surface area contributed by atoms with E-state index >= 15 is 0 Å². The van der Waals surface area contributed by atoms with E-state index in [9.17, 15) is 20.0 Å². The number of carboxylic acid groups (broad SMARTS) is 1. The van der Waals surface area contributed by atoms with Crippen molar-refractivity contribution in [1.29, 1.82) is 0 Å². The van der Waals surface area contributed by atoms with Gasteiger partial charge in [0, 0.05) is 18.3 Å². The topological polar surface area (TPSA) is 102 Å². The first kappa shape index (κ1) is 16.2. The summed E-state index contributed by atoms with van der Waals surface area (Å²) in [5, 5.41) is 19.8. The Kier molecular flexibility index (Phi) is 5.03. The van der Waals surface area contributed by atoms with Crippen LogP contribution in [0.3, 0.4) is 0 Å². The molecule has 0 heterocycles. The number of non-ortho nitro benzene ring substituents is 1. The third-order valence-corrected chi connectivity index (χ3v) is 2.96. The number of nitro benzene ring substituents is 1. The van der Waals surface area contributed by atoms with Gasteiger partial charge in [-0.15, -0.1) is 0 Å². The third-order valence-electron chi connectivity index (χ3n) is 2.96. The van der Waals surface area contributed by atoms with E-state index < -0.39 is 10.9 Å². The van der Waals surface area contributed by atoms with Crippen LogP contribution in [0.5, 0.6) is 5.75 Å². The maximum Gasteiger partial charge on any atom is 0.339 e. The van der Waals surface area contributed by atoms with E-state index in [-0.39, 0.29) is 11.3 Å². The molecule has 0 fully saturated rings. The highest BCUT2D eigenvalue weighted by molar-refractivity contribution is 5.94. The molecule has 0 aliphatic heterocycles. The predicted octanol–water partition coefficient (Wildman–Crippen LogP) is 3.44. The lowest BCUT2D eigenvalue weighted by Gasteiger charge is -2.07. The average molecular weight is 314 g/mol. The van der Waals surface area contributed by atoms with Crippen molar-refractivity contribution in [3.8, 4) is 5.75 Å². The molecule has 7 nitrogen and oxygen atoms in total. The molecule has 0 aliphatic carbocycles. The maximum absolute atomic E-state index is 11.2. The van der Waals surface area contributed by atoms with Gasteiger partial charge in [0.2, 0.25) is 0 Å². The van der Waals surface area contributed by atoms with Gasteiger partial charge in [-0.3, -0.25) is 15.1 Å². The van der Waals surface area contributed by atoms with Gasteiger partial charge in [0.15, 0.2) is 0 Å². The summed E-state index contributed by atoms with van der Waals surface area (Å²) in [6.45, 7) is 2.14. The molecule has 23 heavy (non-hydrogen) atoms. The lowest BCUT2D eigenvalue weighted by atomic mass is 10.1. The molecule has 7 heteroatoms. The van der Waals surface area contributed by atoms with E-state index in [1.54, 1.807) is 19.1 Å². The number of aliphatic imine (C=N–C) groups is 1. The minimum absolute atomic E-state index is 0.0156. The van der Waals surface area contributed by atoms with Crippen molar-refractivity contribution >= 4 is 23.6 Å². The van der Waals surface area contributed by atoms with Crippen molar-refractivity contribution < 1.29 is 19.6 Å². The lowest BCUT2D eigenvalue weighted by molar-refractivity contribution is -0.384. The molecule has 0 amide bonds. The van der Waals surface area contributed by atoms with Crippen LogP contribution < -0.4 is 4.74 Å². The Bertz CT molecular complexity index is 754. The van der Waals surface area contributed by atoms with Crippen LogP contribution in [-0.2, 0) is 0 Å². The summed E-state index contributed by atoms with van der Waals surface area (Å²) in [6.07, 6.45) is 1.49. The minimum atomic E-state index is -1.08. The zero-order chi connectivity index (χ0) is 16.8. The SMILES string of the molecule is CCOc1ccc(C=Nc2ccc([N+](=O)[O-])cc2)cc1C(=O)O. The zero-order valence-corrected chi connectivity index (χ0v) is 12.3. The van der Waals surface area contributed by atoms with Gasteiger partial charge in [0.25, 0.3) is 5.69 Å². The van der Waals surface area contributed by atoms with Crippen LogP contribution in [-0.4, -0.2) is 28.8 Å². The third kappa shape index (κ3) is 4.13. The van der Waals surface area contributed by atoms with Gasteiger partial charge in [0.1, 0.15) is 11.3 Å². The summed E-state index contributed by atoms with van der Waals surface area (Å²) in [7, 11) is 0. The van der Waals surface area contributed by atoms with Gasteiger partial charge < -0.3 is 9.84 Å². The molecule has 0 saturated heterocycles. The molecule has 1 N–H and O–H groups in total. The van der Waals surface area contributed by atoms with E-state index in [1.807, 2.05) is 0 Å². The van der Waals surface area contributed by atoms with Gasteiger partial charge >= 0.3 is 5.97 Å². The van der Waals surface area contributed by atoms with Gasteiger partial charge in [0.05, 0.1) is 17.2 Å². The largest absolute Gasteiger partial charge is 0.493 e. The number of carboxylic acids is 1. The van der Waals surface area contributed by atoms with E-state index in [0.717, 1.165) is 0 Å². The van der Waals surface area contributed by atoms with Crippen LogP contribution in [0.25, 0.3) is 0 Å². The second-order valence-electron chi connectivity index (χ2n) is 4.53. The molecule has 0 atom stereocenters. The quantitative estimate of drug-likeness (QED) is 0.500. The Morgan fingerprint density at radius 3 is 2.57 bits per heavy atom. The summed E-state index contributed by atoms with van der Waals surface area (Å²) in [6, 6.07) is 10.5. The number of hydrogen-bond acceptors (Lipinski definition) is 5. The van der Waals surface area contributed by atoms with Crippen LogP contribution in [0.1, 0.15) is 22.8 Å². The Balaban J connectivity index is 2.23. The Labute approximate surface area is 132 Å². The van der Waals surface area contributed by atoms with Crippen molar-refractivity contribution in [2.24, 2.45) is 4.99 Å². The van der Waals surface area contributed by atoms with Crippen LogP contribution in [0.4, 0.5) is 11.4 Å². The second kappa shape index (κ2) is 7.17. The number of rotatable bonds is 6. The Morgan fingerprint density at radius 1 is 1.30 bits per heavy atom. The van der Waals surface area contributed by atoms with Crippen LogP contribution >= 0.6 is 0 Å². The summed E-state index contributed by atoms with van der Waals surface area (Å²) in [5.74, 6) is -0.786. The number of hydrogen-bond donors (Lipinski definition) is 1. The van der Waals surface area contributed by atoms with Gasteiger partial charge in [-0.05, 0) is 42.8 Å². The molecule has 0 spiro atoms. The molecule has 0 radical (unpaired) electrons. The van der Waals surface area contributed by atoms with Crippen molar-refractivity contribution in [2.75, 3.05) is 6.61 Å². The van der Waals surface area contributed by atoms with E-state index in [0.29, 0.717) is 23.6 Å². The molecule has 0 aromatic heterocycles. The molecule has 2 aromatic rings. The number of carbonyl (C=O) groups is 1. The van der Waals surface area contributed by atoms with E-state index in [1.165, 1.54) is 36.5 Å². The predicted molar refractivity (Wildman–Crippen MR) is 84.9 cm³/mol. The zero-order valence-electron chi connectivity index (χ0n) is 12.3. The second-order valence-corrected chi connectivity index (χ2v) is 4.53. The normalized spacial score (nSPS) is 10.7. The highest BCUT2D eigenvalue weighted by Gasteiger charge is 2.11. The Hall–Kier alpha value is -3.22. The molecule has 0 bridgehead atoms. The smallest absolute Gasteiger partial charge is 0.339 e. The number of ether oxygens (including phenoxy) is 1. The molecule has 2 aromatic carbocycles. The first-order chi connectivity index (χ1) is 11.0. The van der Waals surface area contributed by atoms with Crippen molar-refractivity contribution in [3.63, 3.8) is 0 Å². The lowest BCUT2D eigenvalue weighted by Crippen LogP contribution is -2.03. The first-order valence-corrected chi connectivity index (χ1v) is 6.80. The first-order valence-electron chi connectivity index (χ1n) is 6.80. The van der Waals surface area contributed by atoms with Crippen LogP contribution in [0, 0.1) is 10.1 Å². The van der Waals surface area contributed by atoms with Crippen molar-refractivity contribution in [3.05, 3.63) is 63.7 Å². The number of nitrogens with zero attached hydrogens (tertiary/aromatic N) is 2. The van der Waals surface area contributed by atoms with Crippen molar-refractivity contribution in [2.45, 2.75) is 6.92 Å². The van der Waals surface area contributed by atoms with Gasteiger partial charge in [-0.2, -0.15) is 0 Å². The Morgan fingerprint density at radius 2 is 2.00 bits per heavy atom. The summed E-state index contributed by atoms with van der Waals surface area (Å²) in [5.41, 5.74) is 1.16. The highest BCUT2D eigenvalue weighted by Crippen LogP contribution is 2.21. The molecular formula is C16H14N2O5. The maximum atomic E-state index is 11.2. The summed E-state index contributed by atoms with van der Waals surface area (Å²) < 4.78 is 5.26. The fourth-order valence-electron chi connectivity index (χ4n) is 1.89. The molecule has 118 valence electrons. The van der Waals surface area contributed by atoms with Gasteiger partial charge in [-0.1, -0.05) is 0 Å². The molecular weight excluding hydrogens is 300 g/mol.